The number of rotatable bonds is 0. The van der Waals surface area contributed by atoms with E-state index in [4.69, 9.17) is 10.2 Å². The lowest BCUT2D eigenvalue weighted by Gasteiger charge is -1.02. The fourth-order valence-electron chi connectivity index (χ4n) is 0. The van der Waals surface area contributed by atoms with E-state index in [1.807, 2.05) is 0 Å². The van der Waals surface area contributed by atoms with Gasteiger partial charge in [-0.3, -0.25) is 4.70 Å². The molecule has 0 aliphatic carbocycles. The molecule has 0 atom stereocenters. The first kappa shape index (κ1) is 27.5. The van der Waals surface area contributed by atoms with Gasteiger partial charge in [0.2, 0.25) is 6.08 Å². The summed E-state index contributed by atoms with van der Waals surface area (Å²) >= 11 is 0. The monoisotopic (exact) mass is 76.0 g/mol. The van der Waals surface area contributed by atoms with Gasteiger partial charge < -0.3 is 0 Å². The molecule has 3 heteroatoms. The molecule has 0 saturated carbocycles. The van der Waals surface area contributed by atoms with E-state index in [1.54, 1.807) is 0 Å². The van der Waals surface area contributed by atoms with Gasteiger partial charge in [0.05, 0.1) is 0 Å². The summed E-state index contributed by atoms with van der Waals surface area (Å²) < 4.78 is 0. The smallest absolute Gasteiger partial charge is 0.231 e. The minimum Gasteiger partial charge on any atom is -0.269 e. The maximum absolute atomic E-state index is 8.35. The maximum Gasteiger partial charge on any atom is 0.231 e. The largest absolute Gasteiger partial charge is 0.269 e. The van der Waals surface area contributed by atoms with Crippen LogP contribution in [0, 0.1) is 12.8 Å². The minimum absolute atomic E-state index is 0. The van der Waals surface area contributed by atoms with Gasteiger partial charge in [-0.05, 0) is 7.43 Å². The summed E-state index contributed by atoms with van der Waals surface area (Å²) in [5.41, 5.74) is 0. The van der Waals surface area contributed by atoms with Crippen LogP contribution in [0.4, 0.5) is 4.70 Å². The third kappa shape index (κ3) is 11.9. The Bertz CT molecular complexity index is 30.6. The van der Waals surface area contributed by atoms with E-state index in [0.717, 1.165) is 6.08 Å². The molecule has 0 saturated heterocycles. The Morgan fingerprint density at radius 2 is 1.60 bits per heavy atom. The van der Waals surface area contributed by atoms with E-state index in [9.17, 15) is 0 Å². The molecule has 0 aliphatic rings. The van der Waals surface area contributed by atoms with Crippen molar-refractivity contribution in [1.82, 2.24) is 0 Å². The summed E-state index contributed by atoms with van der Waals surface area (Å²) in [5.74, 6) is 0. The first-order valence-corrected chi connectivity index (χ1v) is 0.454. The van der Waals surface area contributed by atoms with Crippen molar-refractivity contribution in [2.75, 3.05) is 0 Å². The predicted molar refractivity (Wildman–Crippen MR) is 15.2 cm³/mol. The number of hydrogen-bond donors (Lipinski definition) is 1. The number of isocyanates is 1. The molecule has 5 heavy (non-hydrogen) atoms. The molecule has 0 rings (SSSR count). The van der Waals surface area contributed by atoms with Gasteiger partial charge in [-0.2, -0.15) is 0 Å². The van der Waals surface area contributed by atoms with Crippen molar-refractivity contribution in [3.05, 3.63) is 7.43 Å². The van der Waals surface area contributed by atoms with Gasteiger partial charge in [-0.25, -0.2) is 10.2 Å². The average molecular weight is 76.0 g/mol. The standard InChI is InChI=1S/CHNO.CH.FH/c2-1-3;;/h2H;2*1H. The van der Waals surface area contributed by atoms with Gasteiger partial charge >= 0.3 is 0 Å². The third-order valence-electron chi connectivity index (χ3n) is 0. The highest BCUT2D eigenvalue weighted by molar-refractivity contribution is 5.26. The van der Waals surface area contributed by atoms with E-state index in [-0.39, 0.29) is 12.1 Å². The third-order valence-corrected chi connectivity index (χ3v) is 0. The van der Waals surface area contributed by atoms with Crippen LogP contribution >= 0.6 is 0 Å². The van der Waals surface area contributed by atoms with Crippen molar-refractivity contribution in [2.45, 2.75) is 0 Å². The number of hydrogen-bond acceptors (Lipinski definition) is 2. The van der Waals surface area contributed by atoms with E-state index in [2.05, 4.69) is 0 Å². The Hall–Kier alpha value is -0.690. The Kier molecular flexibility index (Phi) is 1010. The lowest BCUT2D eigenvalue weighted by molar-refractivity contribution is 0.563. The highest BCUT2D eigenvalue weighted by Crippen LogP contribution is 0.868. The summed E-state index contributed by atoms with van der Waals surface area (Å²) in [6.07, 6.45) is 0.750. The molecule has 0 unspecified atom stereocenters. The number of carbonyl (C=O) groups excluding carboxylic acids is 1. The molecule has 0 aromatic heterocycles. The van der Waals surface area contributed by atoms with Crippen molar-refractivity contribution >= 4 is 6.08 Å². The molecule has 0 bridgehead atoms. The summed E-state index contributed by atoms with van der Waals surface area (Å²) in [5, 5.41) is 5.40. The molecule has 0 amide bonds. The zero-order valence-electron chi connectivity index (χ0n) is 2.39. The van der Waals surface area contributed by atoms with Crippen molar-refractivity contribution in [3.8, 4) is 0 Å². The summed E-state index contributed by atoms with van der Waals surface area (Å²) in [6, 6.07) is 0. The zero-order valence-corrected chi connectivity index (χ0v) is 2.39. The Balaban J connectivity index is -0.0000000200. The Labute approximate surface area is 29.7 Å². The van der Waals surface area contributed by atoms with Gasteiger partial charge in [0.1, 0.15) is 0 Å². The van der Waals surface area contributed by atoms with E-state index in [0.29, 0.717) is 0 Å². The SMILES string of the molecule is F.N=C=O.[CH]. The topological polar surface area (TPSA) is 40.9 Å². The fraction of sp³-hybridized carbons (Fsp3) is 0. The van der Waals surface area contributed by atoms with Crippen LogP contribution in [0.5, 0.6) is 0 Å². The van der Waals surface area contributed by atoms with Crippen LogP contribution in [0.15, 0.2) is 0 Å². The minimum atomic E-state index is 0. The van der Waals surface area contributed by atoms with Gasteiger partial charge in [-0.1, -0.05) is 0 Å². The van der Waals surface area contributed by atoms with Crippen LogP contribution in [0.25, 0.3) is 0 Å². The van der Waals surface area contributed by atoms with E-state index in [1.165, 1.54) is 0 Å². The summed E-state index contributed by atoms with van der Waals surface area (Å²) in [7, 11) is 0. The molecule has 2 nitrogen and oxygen atoms in total. The van der Waals surface area contributed by atoms with E-state index >= 15 is 0 Å². The van der Waals surface area contributed by atoms with Gasteiger partial charge in [0, 0.05) is 0 Å². The van der Waals surface area contributed by atoms with Crippen LogP contribution in [0.1, 0.15) is 0 Å². The number of halogens is 1. The quantitative estimate of drug-likeness (QED) is 0.326. The molecule has 0 aromatic rings. The lowest BCUT2D eigenvalue weighted by Crippen LogP contribution is -1.16. The normalized spacial score (nSPS) is 1.60. The molecule has 1 N–H and O–H groups in total. The summed E-state index contributed by atoms with van der Waals surface area (Å²) in [4.78, 5) is 8.35. The van der Waals surface area contributed by atoms with Gasteiger partial charge in [-0.15, -0.1) is 0 Å². The Morgan fingerprint density at radius 1 is 1.60 bits per heavy atom. The highest BCUT2D eigenvalue weighted by atomic mass is 19.0. The summed E-state index contributed by atoms with van der Waals surface area (Å²) in [6.45, 7) is 0. The highest BCUT2D eigenvalue weighted by Gasteiger charge is 1.03. The first-order chi connectivity index (χ1) is 1.41. The molecule has 0 spiro atoms. The molecule has 0 fully saturated rings. The van der Waals surface area contributed by atoms with Gasteiger partial charge in [0.25, 0.3) is 0 Å². The molecule has 0 aromatic carbocycles. The maximum atomic E-state index is 8.35. The second-order valence-corrected chi connectivity index (χ2v) is 0.102. The van der Waals surface area contributed by atoms with Crippen LogP contribution < -0.4 is 0 Å². The Morgan fingerprint density at radius 3 is 1.60 bits per heavy atom. The van der Waals surface area contributed by atoms with Gasteiger partial charge in [0.15, 0.2) is 0 Å². The van der Waals surface area contributed by atoms with E-state index < -0.39 is 0 Å². The fourth-order valence-corrected chi connectivity index (χ4v) is 0. The molecular formula is C2H3FNO. The predicted octanol–water partition coefficient (Wildman–Crippen LogP) is 0.258. The molecule has 29 valence electrons. The molecule has 0 aliphatic heterocycles. The zero-order chi connectivity index (χ0) is 2.71. The van der Waals surface area contributed by atoms with Crippen molar-refractivity contribution < 1.29 is 9.50 Å². The average Bonchev–Trinajstić information content (AvgIpc) is 0.918. The van der Waals surface area contributed by atoms with Crippen molar-refractivity contribution in [1.29, 1.82) is 5.41 Å². The second kappa shape index (κ2) is 184. The lowest BCUT2D eigenvalue weighted by atomic mass is 11.7. The first-order valence-electron chi connectivity index (χ1n) is 0.454. The molecular weight excluding hydrogens is 73.0 g/mol. The number of nitrogens with one attached hydrogen (secondary N) is 1. The van der Waals surface area contributed by atoms with Crippen LogP contribution in [0.2, 0.25) is 0 Å². The van der Waals surface area contributed by atoms with Crippen LogP contribution in [-0.4, -0.2) is 6.08 Å². The second-order valence-electron chi connectivity index (χ2n) is 0.102. The molecule has 3 radical (unpaired) electrons. The van der Waals surface area contributed by atoms with Crippen LogP contribution in [-0.2, 0) is 4.79 Å². The molecule has 0 heterocycles. The van der Waals surface area contributed by atoms with Crippen LogP contribution in [0.3, 0.4) is 0 Å². The van der Waals surface area contributed by atoms with Crippen molar-refractivity contribution in [3.63, 3.8) is 0 Å². The van der Waals surface area contributed by atoms with Crippen molar-refractivity contribution in [2.24, 2.45) is 0 Å².